The number of hydrogen-bond acceptors (Lipinski definition) is 3. The molecule has 3 aromatic carbocycles. The number of carbonyl (C=O) groups excluding carboxylic acids is 1. The van der Waals surface area contributed by atoms with Crippen LogP contribution in [0.1, 0.15) is 21.5 Å². The summed E-state index contributed by atoms with van der Waals surface area (Å²) in [7, 11) is 1.96. The summed E-state index contributed by atoms with van der Waals surface area (Å²) in [6, 6.07) is 27.6. The Kier molecular flexibility index (Phi) is 8.05. The van der Waals surface area contributed by atoms with E-state index in [-0.39, 0.29) is 18.2 Å². The van der Waals surface area contributed by atoms with Crippen LogP contribution in [0.4, 0.5) is 0 Å². The van der Waals surface area contributed by atoms with E-state index in [2.05, 4.69) is 12.1 Å². The van der Waals surface area contributed by atoms with Crippen LogP contribution in [0.25, 0.3) is 0 Å². The first-order valence-electron chi connectivity index (χ1n) is 8.73. The van der Waals surface area contributed by atoms with Crippen LogP contribution in [0, 0.1) is 0 Å². The van der Waals surface area contributed by atoms with E-state index in [1.165, 1.54) is 5.56 Å². The van der Waals surface area contributed by atoms with Gasteiger partial charge in [-0.1, -0.05) is 72.8 Å². The van der Waals surface area contributed by atoms with Crippen molar-refractivity contribution >= 4 is 18.2 Å². The first kappa shape index (κ1) is 20.7. The molecule has 0 aliphatic heterocycles. The van der Waals surface area contributed by atoms with Crippen molar-refractivity contribution in [2.24, 2.45) is 0 Å². The molecule has 140 valence electrons. The number of ether oxygens (including phenoxy) is 1. The number of carbonyl (C=O) groups is 1. The molecule has 4 heteroatoms. The maximum atomic E-state index is 12.6. The first-order chi connectivity index (χ1) is 12.7. The summed E-state index contributed by atoms with van der Waals surface area (Å²) in [5.41, 5.74) is 2.98. The number of benzene rings is 3. The lowest BCUT2D eigenvalue weighted by molar-refractivity contribution is 0.0942. The van der Waals surface area contributed by atoms with E-state index in [0.29, 0.717) is 24.5 Å². The summed E-state index contributed by atoms with van der Waals surface area (Å²) >= 11 is 0. The second-order valence-corrected chi connectivity index (χ2v) is 6.38. The highest BCUT2D eigenvalue weighted by atomic mass is 35.5. The molecule has 0 amide bonds. The predicted molar refractivity (Wildman–Crippen MR) is 112 cm³/mol. The summed E-state index contributed by atoms with van der Waals surface area (Å²) in [5.74, 6) is 0.805. The monoisotopic (exact) mass is 381 g/mol. The molecule has 0 fully saturated rings. The number of Topliss-reactive ketones (excluding diaryl/α,β-unsaturated/α-hetero) is 1. The van der Waals surface area contributed by atoms with Crippen LogP contribution in [0.2, 0.25) is 0 Å². The van der Waals surface area contributed by atoms with Gasteiger partial charge in [0, 0.05) is 12.1 Å². The summed E-state index contributed by atoms with van der Waals surface area (Å²) in [6.07, 6.45) is 0. The van der Waals surface area contributed by atoms with Gasteiger partial charge in [0.15, 0.2) is 5.78 Å². The molecule has 3 nitrogen and oxygen atoms in total. The van der Waals surface area contributed by atoms with Crippen LogP contribution in [0.3, 0.4) is 0 Å². The van der Waals surface area contributed by atoms with Crippen molar-refractivity contribution in [3.05, 3.63) is 102 Å². The fourth-order valence-electron chi connectivity index (χ4n) is 2.79. The molecule has 3 rings (SSSR count). The SMILES string of the molecule is CN(CC(=O)c1cccc(OCc2ccccc2)c1)Cc1ccccc1.Cl. The number of ketones is 1. The van der Waals surface area contributed by atoms with E-state index in [1.807, 2.05) is 84.7 Å². The van der Waals surface area contributed by atoms with E-state index in [9.17, 15) is 4.79 Å². The van der Waals surface area contributed by atoms with Crippen LogP contribution in [0.15, 0.2) is 84.9 Å². The Hall–Kier alpha value is -2.62. The van der Waals surface area contributed by atoms with Gasteiger partial charge in [0.05, 0.1) is 6.54 Å². The van der Waals surface area contributed by atoms with E-state index in [1.54, 1.807) is 0 Å². The van der Waals surface area contributed by atoms with E-state index < -0.39 is 0 Å². The fraction of sp³-hybridized carbons (Fsp3) is 0.174. The quantitative estimate of drug-likeness (QED) is 0.514. The predicted octanol–water partition coefficient (Wildman–Crippen LogP) is 5.00. The molecule has 0 atom stereocenters. The summed E-state index contributed by atoms with van der Waals surface area (Å²) in [6.45, 7) is 1.61. The third kappa shape index (κ3) is 6.55. The molecule has 27 heavy (non-hydrogen) atoms. The zero-order chi connectivity index (χ0) is 18.2. The maximum absolute atomic E-state index is 12.6. The van der Waals surface area contributed by atoms with Gasteiger partial charge in [-0.25, -0.2) is 0 Å². The lowest BCUT2D eigenvalue weighted by Crippen LogP contribution is -2.25. The van der Waals surface area contributed by atoms with E-state index >= 15 is 0 Å². The van der Waals surface area contributed by atoms with Gasteiger partial charge in [0.2, 0.25) is 0 Å². The zero-order valence-electron chi connectivity index (χ0n) is 15.4. The molecule has 0 N–H and O–H groups in total. The van der Waals surface area contributed by atoms with Crippen molar-refractivity contribution in [2.75, 3.05) is 13.6 Å². The number of likely N-dealkylation sites (N-methyl/N-ethyl adjacent to an activating group) is 1. The topological polar surface area (TPSA) is 29.5 Å². The van der Waals surface area contributed by atoms with Crippen LogP contribution in [-0.2, 0) is 13.2 Å². The Balaban J connectivity index is 0.00000261. The summed E-state index contributed by atoms with van der Waals surface area (Å²) in [4.78, 5) is 14.6. The Morgan fingerprint density at radius 2 is 1.48 bits per heavy atom. The average Bonchev–Trinajstić information content (AvgIpc) is 2.68. The lowest BCUT2D eigenvalue weighted by Gasteiger charge is -2.16. The van der Waals surface area contributed by atoms with Crippen molar-refractivity contribution in [3.63, 3.8) is 0 Å². The Morgan fingerprint density at radius 1 is 0.852 bits per heavy atom. The van der Waals surface area contributed by atoms with Gasteiger partial charge in [-0.3, -0.25) is 9.69 Å². The molecular weight excluding hydrogens is 358 g/mol. The van der Waals surface area contributed by atoms with Gasteiger partial charge < -0.3 is 4.74 Å². The molecule has 0 bridgehead atoms. The molecule has 0 aromatic heterocycles. The molecule has 0 spiro atoms. The Bertz CT molecular complexity index is 837. The number of halogens is 1. The zero-order valence-corrected chi connectivity index (χ0v) is 16.2. The third-order valence-electron chi connectivity index (χ3n) is 4.11. The van der Waals surface area contributed by atoms with Gasteiger partial charge in [0.1, 0.15) is 12.4 Å². The number of nitrogens with zero attached hydrogens (tertiary/aromatic N) is 1. The van der Waals surface area contributed by atoms with Gasteiger partial charge in [0.25, 0.3) is 0 Å². The summed E-state index contributed by atoms with van der Waals surface area (Å²) < 4.78 is 5.82. The van der Waals surface area contributed by atoms with Crippen LogP contribution in [0.5, 0.6) is 5.75 Å². The molecule has 0 radical (unpaired) electrons. The molecule has 0 saturated heterocycles. The number of hydrogen-bond donors (Lipinski definition) is 0. The minimum Gasteiger partial charge on any atom is -0.489 e. The standard InChI is InChI=1S/C23H23NO2.ClH/c1-24(16-19-9-4-2-5-10-19)17-23(25)21-13-8-14-22(15-21)26-18-20-11-6-3-7-12-20;/h2-15H,16-18H2,1H3;1H. The van der Waals surface area contributed by atoms with Gasteiger partial charge in [-0.05, 0) is 30.3 Å². The second kappa shape index (κ2) is 10.5. The average molecular weight is 382 g/mol. The summed E-state index contributed by atoms with van der Waals surface area (Å²) in [5, 5.41) is 0. The Labute approximate surface area is 167 Å². The first-order valence-corrected chi connectivity index (χ1v) is 8.73. The molecule has 3 aromatic rings. The normalized spacial score (nSPS) is 10.3. The van der Waals surface area contributed by atoms with Gasteiger partial charge in [-0.2, -0.15) is 0 Å². The molecule has 0 aliphatic carbocycles. The van der Waals surface area contributed by atoms with Gasteiger partial charge >= 0.3 is 0 Å². The highest BCUT2D eigenvalue weighted by Gasteiger charge is 2.11. The van der Waals surface area contributed by atoms with Crippen molar-refractivity contribution in [3.8, 4) is 5.75 Å². The van der Waals surface area contributed by atoms with Crippen molar-refractivity contribution in [2.45, 2.75) is 13.2 Å². The van der Waals surface area contributed by atoms with Crippen LogP contribution < -0.4 is 4.74 Å². The minimum absolute atomic E-state index is 0. The fourth-order valence-corrected chi connectivity index (χ4v) is 2.79. The van der Waals surface area contributed by atoms with Crippen molar-refractivity contribution < 1.29 is 9.53 Å². The molecule has 0 heterocycles. The van der Waals surface area contributed by atoms with Crippen LogP contribution in [-0.4, -0.2) is 24.3 Å². The van der Waals surface area contributed by atoms with Crippen molar-refractivity contribution in [1.82, 2.24) is 4.90 Å². The molecular formula is C23H24ClNO2. The lowest BCUT2D eigenvalue weighted by atomic mass is 10.1. The number of rotatable bonds is 8. The molecule has 0 aliphatic rings. The molecule has 0 unspecified atom stereocenters. The largest absolute Gasteiger partial charge is 0.489 e. The van der Waals surface area contributed by atoms with Gasteiger partial charge in [-0.15, -0.1) is 12.4 Å². The highest BCUT2D eigenvalue weighted by Crippen LogP contribution is 2.16. The smallest absolute Gasteiger partial charge is 0.176 e. The maximum Gasteiger partial charge on any atom is 0.176 e. The molecule has 0 saturated carbocycles. The third-order valence-corrected chi connectivity index (χ3v) is 4.11. The van der Waals surface area contributed by atoms with E-state index in [4.69, 9.17) is 4.74 Å². The minimum atomic E-state index is 0. The van der Waals surface area contributed by atoms with E-state index in [0.717, 1.165) is 12.1 Å². The Morgan fingerprint density at radius 3 is 2.15 bits per heavy atom. The second-order valence-electron chi connectivity index (χ2n) is 6.38. The highest BCUT2D eigenvalue weighted by molar-refractivity contribution is 5.97. The van der Waals surface area contributed by atoms with Crippen molar-refractivity contribution in [1.29, 1.82) is 0 Å². The van der Waals surface area contributed by atoms with Crippen LogP contribution >= 0.6 is 12.4 Å².